The van der Waals surface area contributed by atoms with Crippen LogP contribution in [0.4, 0.5) is 11.4 Å². The largest absolute Gasteiger partial charge is 0.366 e. The molecular formula is C18H27N3O4S. The molecule has 1 aliphatic carbocycles. The van der Waals surface area contributed by atoms with E-state index in [1.807, 2.05) is 0 Å². The first-order chi connectivity index (χ1) is 12.3. The number of hydrogen-bond acceptors (Lipinski definition) is 5. The number of rotatable bonds is 5. The van der Waals surface area contributed by atoms with Crippen LogP contribution >= 0.6 is 0 Å². The predicted molar refractivity (Wildman–Crippen MR) is 101 cm³/mol. The summed E-state index contributed by atoms with van der Waals surface area (Å²) < 4.78 is 27.2. The van der Waals surface area contributed by atoms with Crippen LogP contribution in [0.25, 0.3) is 0 Å². The van der Waals surface area contributed by atoms with Crippen LogP contribution in [0, 0.1) is 22.0 Å². The number of anilines is 1. The smallest absolute Gasteiger partial charge is 0.293 e. The maximum atomic E-state index is 12.3. The topological polar surface area (TPSA) is 92.6 Å². The van der Waals surface area contributed by atoms with E-state index in [0.29, 0.717) is 11.6 Å². The zero-order valence-electron chi connectivity index (χ0n) is 15.3. The Morgan fingerprint density at radius 3 is 2.54 bits per heavy atom. The summed E-state index contributed by atoms with van der Waals surface area (Å²) in [5.74, 6) is 1.32. The molecule has 0 spiro atoms. The summed E-state index contributed by atoms with van der Waals surface area (Å²) in [6, 6.07) is 3.98. The van der Waals surface area contributed by atoms with Crippen LogP contribution in [0.5, 0.6) is 0 Å². The predicted octanol–water partition coefficient (Wildman–Crippen LogP) is 3.30. The molecule has 1 aromatic carbocycles. The van der Waals surface area contributed by atoms with Crippen LogP contribution in [0.2, 0.25) is 0 Å². The number of hydrogen-bond donors (Lipinski definition) is 1. The van der Waals surface area contributed by atoms with Gasteiger partial charge in [-0.25, -0.2) is 13.1 Å². The molecule has 0 bridgehead atoms. The second kappa shape index (κ2) is 7.52. The monoisotopic (exact) mass is 381 g/mol. The van der Waals surface area contributed by atoms with E-state index in [2.05, 4.69) is 9.62 Å². The molecule has 0 radical (unpaired) electrons. The van der Waals surface area contributed by atoms with Gasteiger partial charge in [-0.1, -0.05) is 19.3 Å². The Hall–Kier alpha value is -1.67. The highest BCUT2D eigenvalue weighted by Gasteiger charge is 2.33. The maximum absolute atomic E-state index is 12.3. The Labute approximate surface area is 155 Å². The highest BCUT2D eigenvalue weighted by atomic mass is 32.2. The van der Waals surface area contributed by atoms with Gasteiger partial charge in [0.15, 0.2) is 0 Å². The van der Waals surface area contributed by atoms with Crippen molar-refractivity contribution < 1.29 is 13.3 Å². The summed E-state index contributed by atoms with van der Waals surface area (Å²) in [4.78, 5) is 13.1. The summed E-state index contributed by atoms with van der Waals surface area (Å²) >= 11 is 0. The van der Waals surface area contributed by atoms with Gasteiger partial charge in [0.05, 0.1) is 9.82 Å². The van der Waals surface area contributed by atoms with E-state index in [1.165, 1.54) is 37.8 Å². The van der Waals surface area contributed by atoms with Gasteiger partial charge < -0.3 is 4.90 Å². The van der Waals surface area contributed by atoms with E-state index in [-0.39, 0.29) is 16.6 Å². The zero-order valence-corrected chi connectivity index (χ0v) is 16.2. The second-order valence-corrected chi connectivity index (χ2v) is 9.44. The van der Waals surface area contributed by atoms with Crippen LogP contribution in [0.1, 0.15) is 46.0 Å². The van der Waals surface area contributed by atoms with E-state index in [4.69, 9.17) is 0 Å². The van der Waals surface area contributed by atoms with Crippen molar-refractivity contribution >= 4 is 21.4 Å². The quantitative estimate of drug-likeness (QED) is 0.624. The Kier molecular flexibility index (Phi) is 5.53. The van der Waals surface area contributed by atoms with E-state index in [9.17, 15) is 18.5 Å². The van der Waals surface area contributed by atoms with Gasteiger partial charge in [-0.3, -0.25) is 10.1 Å². The molecule has 7 nitrogen and oxygen atoms in total. The molecule has 1 aromatic rings. The number of piperidine rings is 1. The molecule has 1 heterocycles. The molecule has 2 atom stereocenters. The lowest BCUT2D eigenvalue weighted by atomic mass is 9.75. The third kappa shape index (κ3) is 4.01. The molecule has 0 amide bonds. The van der Waals surface area contributed by atoms with Crippen molar-refractivity contribution in [3.05, 3.63) is 28.3 Å². The summed E-state index contributed by atoms with van der Waals surface area (Å²) in [7, 11) is -3.76. The molecule has 0 unspecified atom stereocenters. The summed E-state index contributed by atoms with van der Waals surface area (Å²) in [5, 5.41) is 11.6. The Morgan fingerprint density at radius 1 is 1.19 bits per heavy atom. The molecule has 2 aliphatic rings. The standard InChI is InChI=1S/C18H27N3O4S/c1-13(2)19-26(24,25)16-7-8-17(18(11-16)21(22)23)20-10-9-14-5-3-4-6-15(14)12-20/h7-8,11,13-15,19H,3-6,9-10,12H2,1-2H3/t14-,15+/m0/s1. The molecule has 26 heavy (non-hydrogen) atoms. The SMILES string of the molecule is CC(C)NS(=O)(=O)c1ccc(N2CC[C@@H]3CCCC[C@@H]3C2)c([N+](=O)[O-])c1. The van der Waals surface area contributed by atoms with Crippen LogP contribution < -0.4 is 9.62 Å². The minimum Gasteiger partial charge on any atom is -0.366 e. The molecule has 144 valence electrons. The van der Waals surface area contributed by atoms with Crippen molar-refractivity contribution in [2.24, 2.45) is 11.8 Å². The van der Waals surface area contributed by atoms with E-state index >= 15 is 0 Å². The second-order valence-electron chi connectivity index (χ2n) is 7.72. The van der Waals surface area contributed by atoms with E-state index in [1.54, 1.807) is 19.9 Å². The van der Waals surface area contributed by atoms with Gasteiger partial charge in [0, 0.05) is 25.2 Å². The average Bonchev–Trinajstić information content (AvgIpc) is 2.59. The molecule has 2 fully saturated rings. The van der Waals surface area contributed by atoms with E-state index < -0.39 is 14.9 Å². The first kappa shape index (κ1) is 19.1. The van der Waals surface area contributed by atoms with Gasteiger partial charge in [0.2, 0.25) is 10.0 Å². The molecule has 1 saturated carbocycles. The Bertz CT molecular complexity index is 779. The van der Waals surface area contributed by atoms with Crippen molar-refractivity contribution in [2.75, 3.05) is 18.0 Å². The van der Waals surface area contributed by atoms with E-state index in [0.717, 1.165) is 25.4 Å². The zero-order chi connectivity index (χ0) is 18.9. The molecule has 1 aliphatic heterocycles. The lowest BCUT2D eigenvalue weighted by Gasteiger charge is -2.42. The summed E-state index contributed by atoms with van der Waals surface area (Å²) in [5.41, 5.74) is 0.397. The molecule has 3 rings (SSSR count). The van der Waals surface area contributed by atoms with Crippen molar-refractivity contribution in [1.82, 2.24) is 4.72 Å². The molecule has 8 heteroatoms. The number of nitro groups is 1. The number of benzene rings is 1. The van der Waals surface area contributed by atoms with Crippen LogP contribution in [-0.2, 0) is 10.0 Å². The summed E-state index contributed by atoms with van der Waals surface area (Å²) in [6.07, 6.45) is 6.01. The van der Waals surface area contributed by atoms with Crippen molar-refractivity contribution in [1.29, 1.82) is 0 Å². The fourth-order valence-corrected chi connectivity index (χ4v) is 5.55. The fourth-order valence-electron chi connectivity index (χ4n) is 4.28. The fraction of sp³-hybridized carbons (Fsp3) is 0.667. The van der Waals surface area contributed by atoms with Crippen molar-refractivity contribution in [3.63, 3.8) is 0 Å². The van der Waals surface area contributed by atoms with Gasteiger partial charge in [-0.2, -0.15) is 0 Å². The van der Waals surface area contributed by atoms with Crippen LogP contribution in [0.3, 0.4) is 0 Å². The van der Waals surface area contributed by atoms with Gasteiger partial charge in [0.25, 0.3) is 5.69 Å². The molecular weight excluding hydrogens is 354 g/mol. The number of fused-ring (bicyclic) bond motifs is 1. The van der Waals surface area contributed by atoms with Gasteiger partial charge in [-0.15, -0.1) is 0 Å². The maximum Gasteiger partial charge on any atom is 0.293 e. The van der Waals surface area contributed by atoms with Gasteiger partial charge in [-0.05, 0) is 50.7 Å². The lowest BCUT2D eigenvalue weighted by molar-refractivity contribution is -0.384. The first-order valence-corrected chi connectivity index (χ1v) is 10.8. The third-order valence-electron chi connectivity index (χ3n) is 5.48. The van der Waals surface area contributed by atoms with Crippen molar-refractivity contribution in [3.8, 4) is 0 Å². The average molecular weight is 381 g/mol. The lowest BCUT2D eigenvalue weighted by Crippen LogP contribution is -2.42. The van der Waals surface area contributed by atoms with Gasteiger partial charge >= 0.3 is 0 Å². The first-order valence-electron chi connectivity index (χ1n) is 9.33. The molecule has 1 saturated heterocycles. The van der Waals surface area contributed by atoms with Gasteiger partial charge in [0.1, 0.15) is 5.69 Å². The highest BCUT2D eigenvalue weighted by molar-refractivity contribution is 7.89. The Balaban J connectivity index is 1.89. The number of nitrogens with one attached hydrogen (secondary N) is 1. The van der Waals surface area contributed by atoms with Crippen LogP contribution in [0.15, 0.2) is 23.1 Å². The third-order valence-corrected chi connectivity index (χ3v) is 7.13. The number of sulfonamides is 1. The van der Waals surface area contributed by atoms with Crippen LogP contribution in [-0.4, -0.2) is 32.5 Å². The molecule has 1 N–H and O–H groups in total. The normalized spacial score (nSPS) is 23.7. The minimum absolute atomic E-state index is 0.0609. The molecule has 0 aromatic heterocycles. The summed E-state index contributed by atoms with van der Waals surface area (Å²) in [6.45, 7) is 5.05. The minimum atomic E-state index is -3.76. The number of nitrogens with zero attached hydrogens (tertiary/aromatic N) is 2. The highest BCUT2D eigenvalue weighted by Crippen LogP contribution is 2.40. The number of nitro benzene ring substituents is 1. The Morgan fingerprint density at radius 2 is 1.88 bits per heavy atom. The van der Waals surface area contributed by atoms with Crippen molar-refractivity contribution in [2.45, 2.75) is 56.9 Å².